The monoisotopic (exact) mass is 169 g/mol. The third kappa shape index (κ3) is 2.21. The first-order chi connectivity index (χ1) is 5.61. The zero-order chi connectivity index (χ0) is 9.14. The molecule has 0 radical (unpaired) electrons. The smallest absolute Gasteiger partial charge is 0.226 e. The van der Waals surface area contributed by atoms with E-state index in [0.717, 1.165) is 25.9 Å². The quantitative estimate of drug-likeness (QED) is 0.536. The maximum Gasteiger partial charge on any atom is 0.226 e. The largest absolute Gasteiger partial charge is 0.459 e. The van der Waals surface area contributed by atoms with E-state index in [4.69, 9.17) is 0 Å². The summed E-state index contributed by atoms with van der Waals surface area (Å²) in [5.74, 6) is 0.412. The van der Waals surface area contributed by atoms with Crippen LogP contribution in [0.5, 0.6) is 0 Å². The Morgan fingerprint density at radius 2 is 2.25 bits per heavy atom. The van der Waals surface area contributed by atoms with Gasteiger partial charge in [0.05, 0.1) is 0 Å². The molecule has 1 atom stereocenters. The highest BCUT2D eigenvalue weighted by atomic mass is 16.2. The van der Waals surface area contributed by atoms with E-state index in [1.165, 1.54) is 0 Å². The van der Waals surface area contributed by atoms with Crippen LogP contribution in [0.3, 0.4) is 0 Å². The first kappa shape index (κ1) is 9.52. The van der Waals surface area contributed by atoms with Crippen molar-refractivity contribution in [2.75, 3.05) is 27.2 Å². The second kappa shape index (κ2) is 3.90. The lowest BCUT2D eigenvalue weighted by Crippen LogP contribution is -2.40. The fraction of sp³-hybridized carbons (Fsp3) is 0.778. The second-order valence-corrected chi connectivity index (χ2v) is 3.65. The lowest BCUT2D eigenvalue weighted by atomic mass is 9.97. The van der Waals surface area contributed by atoms with Crippen LogP contribution < -0.4 is 0 Å². The molecule has 0 spiro atoms. The molecule has 1 aliphatic heterocycles. The Balaban J connectivity index is 2.46. The highest BCUT2D eigenvalue weighted by Gasteiger charge is 2.22. The molecule has 0 aromatic carbocycles. The van der Waals surface area contributed by atoms with Crippen LogP contribution in [0, 0.1) is 13.0 Å². The lowest BCUT2D eigenvalue weighted by Gasteiger charge is -2.35. The Labute approximate surface area is 74.3 Å². The molecule has 1 rings (SSSR count). The molecule has 70 valence electrons. The van der Waals surface area contributed by atoms with Gasteiger partial charge >= 0.3 is 0 Å². The van der Waals surface area contributed by atoms with Crippen LogP contribution in [0.4, 0.5) is 0 Å². The zero-order valence-corrected chi connectivity index (χ0v) is 7.92. The molecule has 3 heteroatoms. The molecule has 12 heavy (non-hydrogen) atoms. The molecule has 1 saturated heterocycles. The summed E-state index contributed by atoms with van der Waals surface area (Å²) in [6.45, 7) is 1.84. The van der Waals surface area contributed by atoms with E-state index in [-0.39, 0.29) is 11.8 Å². The highest BCUT2D eigenvalue weighted by Crippen LogP contribution is 2.16. The lowest BCUT2D eigenvalue weighted by molar-refractivity contribution is -0.134. The second-order valence-electron chi connectivity index (χ2n) is 3.65. The molecular weight excluding hydrogens is 152 g/mol. The van der Waals surface area contributed by atoms with Crippen LogP contribution in [0.15, 0.2) is 0 Å². The Kier molecular flexibility index (Phi) is 3.09. The Bertz CT molecular complexity index is 168. The van der Waals surface area contributed by atoms with Crippen molar-refractivity contribution in [3.63, 3.8) is 0 Å². The van der Waals surface area contributed by atoms with Gasteiger partial charge < -0.3 is 9.80 Å². The van der Waals surface area contributed by atoms with E-state index in [1.54, 1.807) is 4.90 Å². The third-order valence-electron chi connectivity index (χ3n) is 2.30. The molecular formula is C9H17N2O-. The predicted molar refractivity (Wildman–Crippen MR) is 48.3 cm³/mol. The Morgan fingerprint density at radius 1 is 1.58 bits per heavy atom. The van der Waals surface area contributed by atoms with E-state index in [2.05, 4.69) is 7.05 Å². The number of hydrogen-bond donors (Lipinski definition) is 0. The van der Waals surface area contributed by atoms with Crippen LogP contribution >= 0.6 is 0 Å². The van der Waals surface area contributed by atoms with Gasteiger partial charge in [0.2, 0.25) is 5.91 Å². The Hall–Kier alpha value is -0.570. The fourth-order valence-electron chi connectivity index (χ4n) is 1.62. The molecule has 0 aromatic heterocycles. The minimum Gasteiger partial charge on any atom is -0.459 e. The molecule has 3 nitrogen and oxygen atoms in total. The molecule has 0 aromatic rings. The molecule has 0 saturated carbocycles. The standard InChI is InChI=1S/C9H17N2O/c1-10(2)9(12)8-5-4-6-11(3)7-8/h8H,3-7H2,1-2H3/q-1/t8-/m1/s1. The zero-order valence-electron chi connectivity index (χ0n) is 7.92. The maximum absolute atomic E-state index is 11.5. The third-order valence-corrected chi connectivity index (χ3v) is 2.30. The Morgan fingerprint density at radius 3 is 2.75 bits per heavy atom. The topological polar surface area (TPSA) is 23.6 Å². The number of likely N-dealkylation sites (tertiary alicyclic amines) is 1. The number of piperidine rings is 1. The summed E-state index contributed by atoms with van der Waals surface area (Å²) < 4.78 is 0. The summed E-state index contributed by atoms with van der Waals surface area (Å²) in [6, 6.07) is 0. The van der Waals surface area contributed by atoms with Gasteiger partial charge in [-0.2, -0.15) is 0 Å². The van der Waals surface area contributed by atoms with E-state index in [1.807, 2.05) is 19.0 Å². The van der Waals surface area contributed by atoms with Crippen molar-refractivity contribution in [2.24, 2.45) is 5.92 Å². The summed E-state index contributed by atoms with van der Waals surface area (Å²) in [5, 5.41) is 0. The number of carbonyl (C=O) groups excluding carboxylic acids is 1. The van der Waals surface area contributed by atoms with E-state index < -0.39 is 0 Å². The summed E-state index contributed by atoms with van der Waals surface area (Å²) in [4.78, 5) is 15.2. The van der Waals surface area contributed by atoms with Crippen molar-refractivity contribution < 1.29 is 4.79 Å². The van der Waals surface area contributed by atoms with Gasteiger partial charge in [-0.1, -0.05) is 0 Å². The number of carbonyl (C=O) groups is 1. The summed E-state index contributed by atoms with van der Waals surface area (Å²) in [7, 11) is 7.47. The van der Waals surface area contributed by atoms with Crippen LogP contribution in [0.25, 0.3) is 0 Å². The summed E-state index contributed by atoms with van der Waals surface area (Å²) in [5.41, 5.74) is 0. The van der Waals surface area contributed by atoms with E-state index in [9.17, 15) is 4.79 Å². The molecule has 0 aliphatic carbocycles. The number of nitrogens with zero attached hydrogens (tertiary/aromatic N) is 2. The highest BCUT2D eigenvalue weighted by molar-refractivity contribution is 5.78. The van der Waals surface area contributed by atoms with Crippen molar-refractivity contribution >= 4 is 5.91 Å². The van der Waals surface area contributed by atoms with Gasteiger partial charge in [0.1, 0.15) is 0 Å². The van der Waals surface area contributed by atoms with E-state index in [0.29, 0.717) is 0 Å². The molecule has 0 bridgehead atoms. The van der Waals surface area contributed by atoms with Gasteiger partial charge in [-0.15, -0.1) is 0 Å². The molecule has 0 N–H and O–H groups in total. The van der Waals surface area contributed by atoms with Gasteiger partial charge in [0.15, 0.2) is 0 Å². The molecule has 1 fully saturated rings. The van der Waals surface area contributed by atoms with Crippen molar-refractivity contribution in [1.82, 2.24) is 9.80 Å². The van der Waals surface area contributed by atoms with Gasteiger partial charge in [-0.05, 0) is 25.9 Å². The van der Waals surface area contributed by atoms with Gasteiger partial charge in [-0.3, -0.25) is 11.8 Å². The van der Waals surface area contributed by atoms with Crippen LogP contribution in [-0.2, 0) is 4.79 Å². The normalized spacial score (nSPS) is 25.4. The van der Waals surface area contributed by atoms with Crippen molar-refractivity contribution in [3.05, 3.63) is 7.05 Å². The van der Waals surface area contributed by atoms with Crippen LogP contribution in [0.2, 0.25) is 0 Å². The van der Waals surface area contributed by atoms with Gasteiger partial charge in [0, 0.05) is 20.0 Å². The number of rotatable bonds is 1. The van der Waals surface area contributed by atoms with Crippen molar-refractivity contribution in [2.45, 2.75) is 12.8 Å². The minimum atomic E-state index is 0.172. The molecule has 1 aliphatic rings. The van der Waals surface area contributed by atoms with Gasteiger partial charge in [-0.25, -0.2) is 0 Å². The average molecular weight is 169 g/mol. The van der Waals surface area contributed by atoms with Crippen molar-refractivity contribution in [3.8, 4) is 0 Å². The summed E-state index contributed by atoms with van der Waals surface area (Å²) in [6.07, 6.45) is 2.11. The predicted octanol–water partition coefficient (Wildman–Crippen LogP) is 0.578. The summed E-state index contributed by atoms with van der Waals surface area (Å²) >= 11 is 0. The molecule has 0 unspecified atom stereocenters. The minimum absolute atomic E-state index is 0.172. The first-order valence-electron chi connectivity index (χ1n) is 4.38. The van der Waals surface area contributed by atoms with Crippen LogP contribution in [0.1, 0.15) is 12.8 Å². The number of amides is 1. The fourth-order valence-corrected chi connectivity index (χ4v) is 1.62. The average Bonchev–Trinajstić information content (AvgIpc) is 2.03. The first-order valence-corrected chi connectivity index (χ1v) is 4.38. The van der Waals surface area contributed by atoms with Crippen molar-refractivity contribution in [1.29, 1.82) is 0 Å². The van der Waals surface area contributed by atoms with Crippen LogP contribution in [-0.4, -0.2) is 42.9 Å². The molecule has 1 heterocycles. The molecule has 1 amide bonds. The SMILES string of the molecule is [CH2-]N1CCC[C@@H](C(=O)N(C)C)C1. The maximum atomic E-state index is 11.5. The van der Waals surface area contributed by atoms with Gasteiger partial charge in [0.25, 0.3) is 0 Å². The number of hydrogen-bond acceptors (Lipinski definition) is 2. The van der Waals surface area contributed by atoms with E-state index >= 15 is 0 Å².